The molecular formula is C19H20N2O6S. The molecule has 2 aromatic rings. The third-order valence-electron chi connectivity index (χ3n) is 4.32. The van der Waals surface area contributed by atoms with Crippen molar-refractivity contribution in [2.24, 2.45) is 0 Å². The number of nitrogens with one attached hydrogen (secondary N) is 1. The van der Waals surface area contributed by atoms with Crippen molar-refractivity contribution in [2.45, 2.75) is 5.75 Å². The van der Waals surface area contributed by atoms with Crippen molar-refractivity contribution < 1.29 is 27.9 Å². The Morgan fingerprint density at radius 3 is 2.11 bits per heavy atom. The Hall–Kier alpha value is -2.75. The van der Waals surface area contributed by atoms with E-state index in [1.807, 2.05) is 0 Å². The molecule has 0 spiro atoms. The van der Waals surface area contributed by atoms with E-state index in [2.05, 4.69) is 5.32 Å². The van der Waals surface area contributed by atoms with Crippen molar-refractivity contribution in [1.82, 2.24) is 4.31 Å². The monoisotopic (exact) mass is 404 g/mol. The maximum Gasteiger partial charge on any atom is 0.335 e. The van der Waals surface area contributed by atoms with Crippen LogP contribution < -0.4 is 5.32 Å². The highest BCUT2D eigenvalue weighted by atomic mass is 32.2. The number of rotatable bonds is 6. The molecule has 9 heteroatoms. The molecule has 0 unspecified atom stereocenters. The summed E-state index contributed by atoms with van der Waals surface area (Å²) in [4.78, 5) is 23.2. The molecule has 1 heterocycles. The van der Waals surface area contributed by atoms with Crippen LogP contribution in [0.15, 0.2) is 48.5 Å². The van der Waals surface area contributed by atoms with Gasteiger partial charge in [0.05, 0.1) is 24.5 Å². The van der Waals surface area contributed by atoms with Gasteiger partial charge < -0.3 is 15.2 Å². The molecule has 8 nitrogen and oxygen atoms in total. The summed E-state index contributed by atoms with van der Waals surface area (Å²) in [6, 6.07) is 12.2. The number of nitrogens with zero attached hydrogens (tertiary/aromatic N) is 1. The van der Waals surface area contributed by atoms with Crippen LogP contribution in [0.1, 0.15) is 26.3 Å². The van der Waals surface area contributed by atoms with Crippen LogP contribution in [-0.2, 0) is 20.5 Å². The SMILES string of the molecule is O=C(O)c1ccc(NC(=O)c2ccc(CS(=O)(=O)N3CCOCC3)cc2)cc1. The van der Waals surface area contributed by atoms with E-state index < -0.39 is 16.0 Å². The van der Waals surface area contributed by atoms with E-state index in [0.29, 0.717) is 43.1 Å². The molecule has 3 rings (SSSR count). The molecule has 0 bridgehead atoms. The van der Waals surface area contributed by atoms with Crippen LogP contribution in [-0.4, -0.2) is 56.0 Å². The van der Waals surface area contributed by atoms with E-state index in [0.717, 1.165) is 0 Å². The van der Waals surface area contributed by atoms with Gasteiger partial charge in [0.25, 0.3) is 5.91 Å². The Morgan fingerprint density at radius 1 is 0.964 bits per heavy atom. The van der Waals surface area contributed by atoms with Gasteiger partial charge in [0, 0.05) is 24.3 Å². The van der Waals surface area contributed by atoms with Crippen molar-refractivity contribution in [3.8, 4) is 0 Å². The number of aromatic carboxylic acids is 1. The lowest BCUT2D eigenvalue weighted by atomic mass is 10.1. The summed E-state index contributed by atoms with van der Waals surface area (Å²) >= 11 is 0. The molecular weight excluding hydrogens is 384 g/mol. The minimum Gasteiger partial charge on any atom is -0.478 e. The van der Waals surface area contributed by atoms with Crippen LogP contribution in [0.2, 0.25) is 0 Å². The number of hydrogen-bond acceptors (Lipinski definition) is 5. The number of carbonyl (C=O) groups excluding carboxylic acids is 1. The van der Waals surface area contributed by atoms with Crippen molar-refractivity contribution in [1.29, 1.82) is 0 Å². The molecule has 0 radical (unpaired) electrons. The highest BCUT2D eigenvalue weighted by Crippen LogP contribution is 2.15. The standard InChI is InChI=1S/C19H20N2O6S/c22-18(20-17-7-5-16(6-8-17)19(23)24)15-3-1-14(2-4-15)13-28(25,26)21-9-11-27-12-10-21/h1-8H,9-13H2,(H,20,22)(H,23,24). The number of sulfonamides is 1. The van der Waals surface area contributed by atoms with Crippen LogP contribution in [0.25, 0.3) is 0 Å². The molecule has 0 aliphatic carbocycles. The lowest BCUT2D eigenvalue weighted by molar-refractivity contribution is 0.0696. The van der Waals surface area contributed by atoms with Crippen molar-refractivity contribution in [3.05, 3.63) is 65.2 Å². The Morgan fingerprint density at radius 2 is 1.54 bits per heavy atom. The predicted molar refractivity (Wildman–Crippen MR) is 103 cm³/mol. The second-order valence-corrected chi connectivity index (χ2v) is 8.27. The van der Waals surface area contributed by atoms with Gasteiger partial charge in [0.1, 0.15) is 0 Å². The van der Waals surface area contributed by atoms with Gasteiger partial charge in [-0.25, -0.2) is 13.2 Å². The molecule has 2 aromatic carbocycles. The van der Waals surface area contributed by atoms with Gasteiger partial charge >= 0.3 is 5.97 Å². The van der Waals surface area contributed by atoms with Crippen LogP contribution in [0.4, 0.5) is 5.69 Å². The van der Waals surface area contributed by atoms with Crippen LogP contribution >= 0.6 is 0 Å². The fraction of sp³-hybridized carbons (Fsp3) is 0.263. The molecule has 1 amide bonds. The fourth-order valence-electron chi connectivity index (χ4n) is 2.78. The molecule has 0 saturated carbocycles. The van der Waals surface area contributed by atoms with Gasteiger partial charge in [-0.2, -0.15) is 4.31 Å². The zero-order valence-electron chi connectivity index (χ0n) is 15.0. The van der Waals surface area contributed by atoms with Crippen molar-refractivity contribution in [3.63, 3.8) is 0 Å². The van der Waals surface area contributed by atoms with Crippen LogP contribution in [0, 0.1) is 0 Å². The Kier molecular flexibility index (Phi) is 6.08. The molecule has 0 aromatic heterocycles. The summed E-state index contributed by atoms with van der Waals surface area (Å²) in [5.41, 5.74) is 1.56. The molecule has 1 aliphatic heterocycles. The topological polar surface area (TPSA) is 113 Å². The minimum absolute atomic E-state index is 0.129. The first-order chi connectivity index (χ1) is 13.3. The number of benzene rings is 2. The normalized spacial score (nSPS) is 15.1. The van der Waals surface area contributed by atoms with E-state index in [-0.39, 0.29) is 17.2 Å². The zero-order chi connectivity index (χ0) is 20.1. The molecule has 0 atom stereocenters. The first kappa shape index (κ1) is 20.0. The number of hydrogen-bond donors (Lipinski definition) is 2. The van der Waals surface area contributed by atoms with Gasteiger partial charge in [-0.05, 0) is 42.0 Å². The van der Waals surface area contributed by atoms with E-state index in [1.165, 1.54) is 28.6 Å². The van der Waals surface area contributed by atoms with E-state index in [9.17, 15) is 18.0 Å². The number of carbonyl (C=O) groups is 2. The second kappa shape index (κ2) is 8.51. The minimum atomic E-state index is -3.42. The second-order valence-electron chi connectivity index (χ2n) is 6.30. The summed E-state index contributed by atoms with van der Waals surface area (Å²) in [5.74, 6) is -1.54. The third kappa shape index (κ3) is 4.94. The van der Waals surface area contributed by atoms with Crippen molar-refractivity contribution in [2.75, 3.05) is 31.6 Å². The number of ether oxygens (including phenoxy) is 1. The highest BCUT2D eigenvalue weighted by molar-refractivity contribution is 7.88. The Labute approximate surface area is 162 Å². The van der Waals surface area contributed by atoms with Gasteiger partial charge in [0.15, 0.2) is 0 Å². The number of morpholine rings is 1. The average Bonchev–Trinajstić information content (AvgIpc) is 2.69. The number of carboxylic acid groups (broad SMARTS) is 1. The summed E-state index contributed by atoms with van der Waals surface area (Å²) in [6.45, 7) is 1.49. The van der Waals surface area contributed by atoms with Gasteiger partial charge in [-0.1, -0.05) is 12.1 Å². The summed E-state index contributed by atoms with van der Waals surface area (Å²) < 4.78 is 31.5. The largest absolute Gasteiger partial charge is 0.478 e. The van der Waals surface area contributed by atoms with Gasteiger partial charge in [0.2, 0.25) is 10.0 Å². The smallest absolute Gasteiger partial charge is 0.335 e. The molecule has 2 N–H and O–H groups in total. The van der Waals surface area contributed by atoms with Crippen LogP contribution in [0.5, 0.6) is 0 Å². The quantitative estimate of drug-likeness (QED) is 0.759. The molecule has 1 fully saturated rings. The highest BCUT2D eigenvalue weighted by Gasteiger charge is 2.24. The molecule has 148 valence electrons. The molecule has 1 aliphatic rings. The molecule has 1 saturated heterocycles. The lowest BCUT2D eigenvalue weighted by Gasteiger charge is -2.26. The van der Waals surface area contributed by atoms with E-state index in [1.54, 1.807) is 24.3 Å². The first-order valence-electron chi connectivity index (χ1n) is 8.64. The van der Waals surface area contributed by atoms with Crippen LogP contribution in [0.3, 0.4) is 0 Å². The zero-order valence-corrected chi connectivity index (χ0v) is 15.8. The average molecular weight is 404 g/mol. The predicted octanol–water partition coefficient (Wildman–Crippen LogP) is 1.80. The molecule has 28 heavy (non-hydrogen) atoms. The number of amides is 1. The Balaban J connectivity index is 1.63. The summed E-state index contributed by atoms with van der Waals surface area (Å²) in [6.07, 6.45) is 0. The fourth-order valence-corrected chi connectivity index (χ4v) is 4.28. The summed E-state index contributed by atoms with van der Waals surface area (Å²) in [7, 11) is -3.42. The van der Waals surface area contributed by atoms with Gasteiger partial charge in [-0.15, -0.1) is 0 Å². The maximum absolute atomic E-state index is 12.4. The third-order valence-corrected chi connectivity index (χ3v) is 6.17. The van der Waals surface area contributed by atoms with E-state index in [4.69, 9.17) is 9.84 Å². The number of anilines is 1. The summed E-state index contributed by atoms with van der Waals surface area (Å²) in [5, 5.41) is 11.6. The van der Waals surface area contributed by atoms with E-state index >= 15 is 0 Å². The van der Waals surface area contributed by atoms with Gasteiger partial charge in [-0.3, -0.25) is 4.79 Å². The number of carboxylic acids is 1. The first-order valence-corrected chi connectivity index (χ1v) is 10.3. The van der Waals surface area contributed by atoms with Crippen molar-refractivity contribution >= 4 is 27.6 Å². The maximum atomic E-state index is 12.4. The lowest BCUT2D eigenvalue weighted by Crippen LogP contribution is -2.41. The Bertz CT molecular complexity index is 949.